The molecule has 2 heterocycles. The zero-order valence-electron chi connectivity index (χ0n) is 21.0. The molecule has 2 aromatic carbocycles. The van der Waals surface area contributed by atoms with E-state index in [-0.39, 0.29) is 36.7 Å². The van der Waals surface area contributed by atoms with Crippen molar-refractivity contribution >= 4 is 34.5 Å². The molecule has 1 aromatic heterocycles. The van der Waals surface area contributed by atoms with Gasteiger partial charge in [0, 0.05) is 32.9 Å². The Morgan fingerprint density at radius 3 is 2.67 bits per heavy atom. The van der Waals surface area contributed by atoms with E-state index in [2.05, 4.69) is 10.3 Å². The summed E-state index contributed by atoms with van der Waals surface area (Å²) in [6, 6.07) is 12.9. The van der Waals surface area contributed by atoms with Crippen LogP contribution in [0.2, 0.25) is 0 Å². The lowest BCUT2D eigenvalue weighted by atomic mass is 9.97. The molecule has 4 rings (SSSR count). The summed E-state index contributed by atoms with van der Waals surface area (Å²) >= 11 is 0. The van der Waals surface area contributed by atoms with Crippen molar-refractivity contribution in [1.29, 1.82) is 0 Å². The minimum Gasteiger partial charge on any atom is -0.466 e. The lowest BCUT2D eigenvalue weighted by Crippen LogP contribution is -2.43. The second-order valence-corrected chi connectivity index (χ2v) is 8.96. The Hall–Kier alpha value is -3.72. The number of aromatic nitrogens is 2. The first-order chi connectivity index (χ1) is 17.4. The van der Waals surface area contributed by atoms with Gasteiger partial charge in [-0.15, -0.1) is 0 Å². The molecule has 1 saturated heterocycles. The lowest BCUT2D eigenvalue weighted by molar-refractivity contribution is -0.149. The second-order valence-electron chi connectivity index (χ2n) is 8.96. The molecular weight excluding hydrogens is 460 g/mol. The number of piperidine rings is 1. The Balaban J connectivity index is 1.66. The fourth-order valence-corrected chi connectivity index (χ4v) is 4.66. The number of anilines is 1. The number of nitrogens with one attached hydrogen (secondary N) is 1. The molecule has 2 amide bonds. The molecule has 190 valence electrons. The van der Waals surface area contributed by atoms with Crippen molar-refractivity contribution in [3.8, 4) is 0 Å². The van der Waals surface area contributed by atoms with Crippen LogP contribution in [-0.2, 0) is 39.1 Å². The van der Waals surface area contributed by atoms with E-state index in [0.717, 1.165) is 5.56 Å². The van der Waals surface area contributed by atoms with Gasteiger partial charge in [-0.3, -0.25) is 14.4 Å². The number of aryl methyl sites for hydroxylation is 1. The van der Waals surface area contributed by atoms with Crippen LogP contribution in [0.1, 0.15) is 41.5 Å². The minimum absolute atomic E-state index is 0.188. The molecule has 0 saturated carbocycles. The first kappa shape index (κ1) is 25.4. The highest BCUT2D eigenvalue weighted by molar-refractivity contribution is 6.08. The minimum atomic E-state index is -0.345. The largest absolute Gasteiger partial charge is 0.466 e. The second kappa shape index (κ2) is 11.3. The molecule has 0 spiro atoms. The topological polar surface area (TPSA) is 103 Å². The summed E-state index contributed by atoms with van der Waals surface area (Å²) in [6.07, 6.45) is 1.62. The summed E-state index contributed by atoms with van der Waals surface area (Å²) in [5.41, 5.74) is 3.05. The fourth-order valence-electron chi connectivity index (χ4n) is 4.66. The van der Waals surface area contributed by atoms with Crippen LogP contribution in [0.5, 0.6) is 0 Å². The maximum Gasteiger partial charge on any atom is 0.310 e. The summed E-state index contributed by atoms with van der Waals surface area (Å²) < 4.78 is 12.3. The number of benzene rings is 2. The summed E-state index contributed by atoms with van der Waals surface area (Å²) in [5, 5.41) is 2.92. The average molecular weight is 493 g/mol. The van der Waals surface area contributed by atoms with Gasteiger partial charge in [-0.2, -0.15) is 0 Å². The Morgan fingerprint density at radius 2 is 1.94 bits per heavy atom. The number of imidazole rings is 1. The number of ether oxygens (including phenoxy) is 2. The number of esters is 1. The van der Waals surface area contributed by atoms with Crippen LogP contribution in [0.15, 0.2) is 42.5 Å². The van der Waals surface area contributed by atoms with Crippen molar-refractivity contribution in [3.63, 3.8) is 0 Å². The SMILES string of the molecule is CCOC(=O)[C@@H]1CCCN(C(=O)c2cc(NC(=O)Cc3ccccc3)cc3nc(COC)n(C)c23)C1. The monoisotopic (exact) mass is 492 g/mol. The number of fused-ring (bicyclic) bond motifs is 1. The number of rotatable bonds is 8. The third-order valence-corrected chi connectivity index (χ3v) is 6.39. The molecule has 0 radical (unpaired) electrons. The molecule has 9 nitrogen and oxygen atoms in total. The fraction of sp³-hybridized carbons (Fsp3) is 0.407. The van der Waals surface area contributed by atoms with Crippen molar-refractivity contribution in [3.05, 3.63) is 59.4 Å². The first-order valence-corrected chi connectivity index (χ1v) is 12.2. The summed E-state index contributed by atoms with van der Waals surface area (Å²) in [4.78, 5) is 45.2. The smallest absolute Gasteiger partial charge is 0.310 e. The maximum absolute atomic E-state index is 13.8. The van der Waals surface area contributed by atoms with Crippen LogP contribution in [0, 0.1) is 5.92 Å². The van der Waals surface area contributed by atoms with Crippen molar-refractivity contribution < 1.29 is 23.9 Å². The molecule has 1 aliphatic rings. The van der Waals surface area contributed by atoms with Crippen molar-refractivity contribution in [2.24, 2.45) is 13.0 Å². The molecular formula is C27H32N4O5. The number of hydrogen-bond donors (Lipinski definition) is 1. The molecule has 1 fully saturated rings. The van der Waals surface area contributed by atoms with E-state index in [4.69, 9.17) is 9.47 Å². The standard InChI is InChI=1S/C27H32N4O5/c1-4-36-27(34)19-11-8-12-31(16-19)26(33)21-14-20(28-24(32)13-18-9-6-5-7-10-18)15-22-25(21)30(2)23(29-22)17-35-3/h5-7,9-10,14-15,19H,4,8,11-13,16-17H2,1-3H3,(H,28,32)/t19-/m1/s1. The van der Waals surface area contributed by atoms with Gasteiger partial charge in [0.1, 0.15) is 12.4 Å². The lowest BCUT2D eigenvalue weighted by Gasteiger charge is -2.31. The highest BCUT2D eigenvalue weighted by Gasteiger charge is 2.31. The molecule has 1 aliphatic heterocycles. The molecule has 1 atom stereocenters. The zero-order chi connectivity index (χ0) is 25.7. The molecule has 36 heavy (non-hydrogen) atoms. The van der Waals surface area contributed by atoms with Crippen molar-refractivity contribution in [2.45, 2.75) is 32.8 Å². The third-order valence-electron chi connectivity index (χ3n) is 6.39. The first-order valence-electron chi connectivity index (χ1n) is 12.2. The van der Waals surface area contributed by atoms with Crippen LogP contribution in [-0.4, -0.2) is 59.0 Å². The van der Waals surface area contributed by atoms with Crippen molar-refractivity contribution in [2.75, 3.05) is 32.1 Å². The third kappa shape index (κ3) is 5.57. The summed E-state index contributed by atoms with van der Waals surface area (Å²) in [5.74, 6) is -0.350. The van der Waals surface area contributed by atoms with E-state index in [9.17, 15) is 14.4 Å². The highest BCUT2D eigenvalue weighted by atomic mass is 16.5. The number of likely N-dealkylation sites (tertiary alicyclic amines) is 1. The number of carbonyl (C=O) groups is 3. The van der Waals surface area contributed by atoms with E-state index in [0.29, 0.717) is 60.6 Å². The van der Waals surface area contributed by atoms with Crippen LogP contribution in [0.4, 0.5) is 5.69 Å². The number of amides is 2. The van der Waals surface area contributed by atoms with Gasteiger partial charge in [0.15, 0.2) is 0 Å². The summed E-state index contributed by atoms with van der Waals surface area (Å²) in [7, 11) is 3.43. The van der Waals surface area contributed by atoms with E-state index in [1.165, 1.54) is 0 Å². The molecule has 1 N–H and O–H groups in total. The predicted molar refractivity (Wildman–Crippen MR) is 135 cm³/mol. The van der Waals surface area contributed by atoms with E-state index in [1.807, 2.05) is 41.9 Å². The highest BCUT2D eigenvalue weighted by Crippen LogP contribution is 2.28. The van der Waals surface area contributed by atoms with Gasteiger partial charge in [-0.05, 0) is 37.5 Å². The van der Waals surface area contributed by atoms with Gasteiger partial charge in [-0.25, -0.2) is 4.98 Å². The van der Waals surface area contributed by atoms with E-state index in [1.54, 1.807) is 31.1 Å². The molecule has 0 unspecified atom stereocenters. The normalized spacial score (nSPS) is 15.6. The maximum atomic E-state index is 13.8. The Morgan fingerprint density at radius 1 is 1.17 bits per heavy atom. The number of methoxy groups -OCH3 is 1. The molecule has 0 aliphatic carbocycles. The quantitative estimate of drug-likeness (QED) is 0.484. The van der Waals surface area contributed by atoms with Gasteiger partial charge < -0.3 is 24.3 Å². The molecule has 9 heteroatoms. The zero-order valence-corrected chi connectivity index (χ0v) is 21.0. The van der Waals surface area contributed by atoms with Gasteiger partial charge in [0.2, 0.25) is 5.91 Å². The number of hydrogen-bond acceptors (Lipinski definition) is 6. The van der Waals surface area contributed by atoms with Crippen molar-refractivity contribution in [1.82, 2.24) is 14.5 Å². The van der Waals surface area contributed by atoms with Gasteiger partial charge in [0.05, 0.1) is 35.5 Å². The van der Waals surface area contributed by atoms with Gasteiger partial charge in [-0.1, -0.05) is 30.3 Å². The number of nitrogens with zero attached hydrogens (tertiary/aromatic N) is 3. The predicted octanol–water partition coefficient (Wildman–Crippen LogP) is 3.32. The van der Waals surface area contributed by atoms with E-state index >= 15 is 0 Å². The summed E-state index contributed by atoms with van der Waals surface area (Å²) in [6.45, 7) is 3.21. The Bertz CT molecular complexity index is 1250. The average Bonchev–Trinajstić information content (AvgIpc) is 3.19. The van der Waals surface area contributed by atoms with Gasteiger partial charge in [0.25, 0.3) is 5.91 Å². The van der Waals surface area contributed by atoms with E-state index < -0.39 is 0 Å². The Kier molecular flexibility index (Phi) is 8.00. The van der Waals surface area contributed by atoms with Crippen LogP contribution >= 0.6 is 0 Å². The Labute approximate surface area is 210 Å². The van der Waals surface area contributed by atoms with Gasteiger partial charge >= 0.3 is 5.97 Å². The number of carbonyl (C=O) groups excluding carboxylic acids is 3. The van der Waals surface area contributed by atoms with Crippen LogP contribution in [0.25, 0.3) is 11.0 Å². The molecule has 3 aromatic rings. The molecule has 0 bridgehead atoms. The van der Waals surface area contributed by atoms with Crippen LogP contribution < -0.4 is 5.32 Å². The van der Waals surface area contributed by atoms with Crippen LogP contribution in [0.3, 0.4) is 0 Å².